The highest BCUT2D eigenvalue weighted by atomic mass is 32.2. The molecule has 1 unspecified atom stereocenters. The number of nitrogens with one attached hydrogen (secondary N) is 1. The number of benzene rings is 2. The number of carbonyl (C=O) groups excluding carboxylic acids is 1. The minimum absolute atomic E-state index is 0.143. The van der Waals surface area contributed by atoms with Crippen LogP contribution in [-0.2, 0) is 17.6 Å². The number of nitrogens with zero attached hydrogens (tertiary/aromatic N) is 2. The second kappa shape index (κ2) is 9.48. The molecule has 0 radical (unpaired) electrons. The number of aromatic nitrogens is 2. The third-order valence-electron chi connectivity index (χ3n) is 5.40. The Morgan fingerprint density at radius 2 is 1.94 bits per heavy atom. The van der Waals surface area contributed by atoms with Gasteiger partial charge >= 0.3 is 0 Å². The summed E-state index contributed by atoms with van der Waals surface area (Å²) in [5.41, 5.74) is 2.10. The molecule has 8 heteroatoms. The number of ether oxygens (including phenoxy) is 2. The zero-order valence-corrected chi connectivity index (χ0v) is 19.1. The number of amides is 1. The number of hydrogen-bond acceptors (Lipinski definition) is 6. The third kappa shape index (κ3) is 4.36. The lowest BCUT2D eigenvalue weighted by Crippen LogP contribution is -2.33. The van der Waals surface area contributed by atoms with Gasteiger partial charge in [-0.15, -0.1) is 0 Å². The van der Waals surface area contributed by atoms with Crippen molar-refractivity contribution in [3.8, 4) is 11.5 Å². The highest BCUT2D eigenvalue weighted by molar-refractivity contribution is 7.98. The number of fused-ring (bicyclic) bond motifs is 1. The van der Waals surface area contributed by atoms with Crippen molar-refractivity contribution >= 4 is 23.5 Å². The first kappa shape index (κ1) is 22.0. The molecule has 0 saturated heterocycles. The Morgan fingerprint density at radius 3 is 2.66 bits per heavy atom. The van der Waals surface area contributed by atoms with Crippen LogP contribution in [0.2, 0.25) is 0 Å². The summed E-state index contributed by atoms with van der Waals surface area (Å²) in [5.74, 6) is 1.80. The number of methoxy groups -OCH3 is 1. The summed E-state index contributed by atoms with van der Waals surface area (Å²) in [7, 11) is 3.39. The maximum absolute atomic E-state index is 13.1. The zero-order chi connectivity index (χ0) is 22.7. The molecule has 3 aromatic rings. The molecular formula is C24H25N3O4S. The quantitative estimate of drug-likeness (QED) is 0.433. The van der Waals surface area contributed by atoms with Crippen LogP contribution in [0.4, 0.5) is 5.82 Å². The van der Waals surface area contributed by atoms with Crippen LogP contribution < -0.4 is 20.3 Å². The lowest BCUT2D eigenvalue weighted by Gasteiger charge is -2.28. The second-order valence-electron chi connectivity index (χ2n) is 7.44. The molecule has 2 heterocycles. The first-order valence-electron chi connectivity index (χ1n) is 10.4. The van der Waals surface area contributed by atoms with Gasteiger partial charge in [0.05, 0.1) is 19.3 Å². The van der Waals surface area contributed by atoms with Gasteiger partial charge in [-0.25, -0.2) is 0 Å². The van der Waals surface area contributed by atoms with E-state index in [1.807, 2.05) is 62.5 Å². The maximum Gasteiger partial charge on any atom is 0.279 e. The van der Waals surface area contributed by atoms with Crippen molar-refractivity contribution in [2.24, 2.45) is 7.05 Å². The van der Waals surface area contributed by atoms with Crippen molar-refractivity contribution in [2.45, 2.75) is 30.2 Å². The predicted molar refractivity (Wildman–Crippen MR) is 125 cm³/mol. The maximum atomic E-state index is 13.1. The van der Waals surface area contributed by atoms with E-state index in [2.05, 4.69) is 10.3 Å². The number of thioether (sulfide) groups is 1. The molecule has 1 aromatic heterocycles. The van der Waals surface area contributed by atoms with Crippen molar-refractivity contribution < 1.29 is 14.3 Å². The lowest BCUT2D eigenvalue weighted by molar-refractivity contribution is -0.116. The van der Waals surface area contributed by atoms with Gasteiger partial charge in [-0.05, 0) is 30.2 Å². The van der Waals surface area contributed by atoms with Crippen LogP contribution in [0.1, 0.15) is 36.0 Å². The molecule has 1 aliphatic rings. The van der Waals surface area contributed by atoms with Crippen molar-refractivity contribution in [3.63, 3.8) is 0 Å². The van der Waals surface area contributed by atoms with Crippen LogP contribution in [0.25, 0.3) is 0 Å². The molecule has 0 spiro atoms. The highest BCUT2D eigenvalue weighted by Gasteiger charge is 2.32. The molecule has 1 amide bonds. The van der Waals surface area contributed by atoms with Crippen LogP contribution >= 0.6 is 11.8 Å². The van der Waals surface area contributed by atoms with E-state index in [1.165, 1.54) is 11.8 Å². The van der Waals surface area contributed by atoms with Gasteiger partial charge in [0.1, 0.15) is 5.82 Å². The van der Waals surface area contributed by atoms with E-state index in [9.17, 15) is 9.59 Å². The third-order valence-corrected chi connectivity index (χ3v) is 6.50. The van der Waals surface area contributed by atoms with Gasteiger partial charge in [0.2, 0.25) is 5.91 Å². The van der Waals surface area contributed by atoms with E-state index in [0.29, 0.717) is 40.4 Å². The summed E-state index contributed by atoms with van der Waals surface area (Å²) >= 11 is 1.46. The van der Waals surface area contributed by atoms with E-state index in [0.717, 1.165) is 11.1 Å². The average molecular weight is 452 g/mol. The molecule has 0 bridgehead atoms. The predicted octanol–water partition coefficient (Wildman–Crippen LogP) is 3.95. The minimum atomic E-state index is -0.414. The molecule has 0 aliphatic carbocycles. The second-order valence-corrected chi connectivity index (χ2v) is 8.39. The molecule has 1 aliphatic heterocycles. The molecule has 2 aromatic carbocycles. The Balaban J connectivity index is 1.72. The highest BCUT2D eigenvalue weighted by Crippen LogP contribution is 2.39. The fraction of sp³-hybridized carbons (Fsp3) is 0.292. The van der Waals surface area contributed by atoms with E-state index < -0.39 is 5.92 Å². The van der Waals surface area contributed by atoms with Gasteiger partial charge in [-0.2, -0.15) is 4.98 Å². The monoisotopic (exact) mass is 451 g/mol. The van der Waals surface area contributed by atoms with E-state index in [1.54, 1.807) is 11.7 Å². The molecule has 32 heavy (non-hydrogen) atoms. The molecule has 0 saturated carbocycles. The van der Waals surface area contributed by atoms with E-state index >= 15 is 0 Å². The zero-order valence-electron chi connectivity index (χ0n) is 18.3. The molecule has 4 rings (SSSR count). The summed E-state index contributed by atoms with van der Waals surface area (Å²) in [4.78, 5) is 30.1. The first-order chi connectivity index (χ1) is 15.5. The molecule has 1 N–H and O–H groups in total. The standard InChI is InChI=1S/C24H25N3O4S/c1-4-31-18-11-10-16(12-19(18)30-3)17-13-20(28)25-22-21(17)23(29)26-24(27(22)2)32-14-15-8-6-5-7-9-15/h5-12,17H,4,13-14H2,1-3H3,(H,25,28). The van der Waals surface area contributed by atoms with Crippen molar-refractivity contribution in [2.75, 3.05) is 19.0 Å². The lowest BCUT2D eigenvalue weighted by atomic mass is 9.86. The molecule has 0 fully saturated rings. The van der Waals surface area contributed by atoms with Gasteiger partial charge in [0.15, 0.2) is 16.7 Å². The number of hydrogen-bond donors (Lipinski definition) is 1. The van der Waals surface area contributed by atoms with Crippen LogP contribution in [-0.4, -0.2) is 29.2 Å². The van der Waals surface area contributed by atoms with E-state index in [4.69, 9.17) is 9.47 Å². The molecule has 7 nitrogen and oxygen atoms in total. The fourth-order valence-electron chi connectivity index (χ4n) is 3.85. The summed E-state index contributed by atoms with van der Waals surface area (Å²) in [6, 6.07) is 15.5. The van der Waals surface area contributed by atoms with Crippen molar-refractivity contribution in [1.82, 2.24) is 9.55 Å². The average Bonchev–Trinajstić information content (AvgIpc) is 2.81. The van der Waals surface area contributed by atoms with E-state index in [-0.39, 0.29) is 17.9 Å². The Hall–Kier alpha value is -3.26. The van der Waals surface area contributed by atoms with Gasteiger partial charge < -0.3 is 19.4 Å². The molecule has 166 valence electrons. The SMILES string of the molecule is CCOc1ccc(C2CC(=O)Nc3c2c(=O)nc(SCc2ccccc2)n3C)cc1OC. The first-order valence-corrected chi connectivity index (χ1v) is 11.4. The smallest absolute Gasteiger partial charge is 0.279 e. The topological polar surface area (TPSA) is 82.5 Å². The molecule has 1 atom stereocenters. The van der Waals surface area contributed by atoms with Gasteiger partial charge in [-0.3, -0.25) is 9.59 Å². The largest absolute Gasteiger partial charge is 0.493 e. The summed E-state index contributed by atoms with van der Waals surface area (Å²) in [5, 5.41) is 3.44. The normalized spacial score (nSPS) is 15.1. The Bertz CT molecular complexity index is 1190. The van der Waals surface area contributed by atoms with Crippen LogP contribution in [0.3, 0.4) is 0 Å². The number of anilines is 1. The van der Waals surface area contributed by atoms with Gasteiger partial charge in [0, 0.05) is 25.1 Å². The Morgan fingerprint density at radius 1 is 1.16 bits per heavy atom. The Kier molecular flexibility index (Phi) is 6.50. The van der Waals surface area contributed by atoms with Gasteiger partial charge in [-0.1, -0.05) is 48.2 Å². The van der Waals surface area contributed by atoms with Crippen LogP contribution in [0, 0.1) is 0 Å². The van der Waals surface area contributed by atoms with Gasteiger partial charge in [0.25, 0.3) is 5.56 Å². The summed E-state index contributed by atoms with van der Waals surface area (Å²) < 4.78 is 12.9. The summed E-state index contributed by atoms with van der Waals surface area (Å²) in [6.07, 6.45) is 0.164. The summed E-state index contributed by atoms with van der Waals surface area (Å²) in [6.45, 7) is 2.41. The molecular weight excluding hydrogens is 426 g/mol. The number of carbonyl (C=O) groups is 1. The van der Waals surface area contributed by atoms with Crippen molar-refractivity contribution in [1.29, 1.82) is 0 Å². The Labute approximate surface area is 190 Å². The fourth-order valence-corrected chi connectivity index (χ4v) is 4.77. The number of rotatable bonds is 7. The van der Waals surface area contributed by atoms with Crippen LogP contribution in [0.5, 0.6) is 11.5 Å². The van der Waals surface area contributed by atoms with Crippen molar-refractivity contribution in [3.05, 3.63) is 75.6 Å². The van der Waals surface area contributed by atoms with Crippen LogP contribution in [0.15, 0.2) is 58.5 Å². The minimum Gasteiger partial charge on any atom is -0.493 e.